The van der Waals surface area contributed by atoms with E-state index in [0.717, 1.165) is 28.1 Å². The lowest BCUT2D eigenvalue weighted by Crippen LogP contribution is -2.21. The molecule has 0 amide bonds. The van der Waals surface area contributed by atoms with Gasteiger partial charge in [-0.2, -0.15) is 0 Å². The van der Waals surface area contributed by atoms with Crippen molar-refractivity contribution in [2.45, 2.75) is 6.10 Å². The lowest BCUT2D eigenvalue weighted by Gasteiger charge is -2.25. The number of ether oxygens (including phenoxy) is 3. The number of aromatic nitrogens is 1. The van der Waals surface area contributed by atoms with Crippen molar-refractivity contribution in [3.05, 3.63) is 65.7 Å². The van der Waals surface area contributed by atoms with Crippen LogP contribution in [0.25, 0.3) is 0 Å². The standard InChI is InChI=1S/C19H18N2O3S/c1-2-6-14(7-3-1)22-11-10-20-19-21-15(13-25-19)18-12-23-16-8-4-5-9-17(16)24-18/h1-9,13,18H,10-12H2,(H,20,21)/t18-/m0/s1. The summed E-state index contributed by atoms with van der Waals surface area (Å²) in [6, 6.07) is 17.5. The predicted octanol–water partition coefficient (Wildman–Crippen LogP) is 4.15. The number of nitrogens with one attached hydrogen (secondary N) is 1. The average molecular weight is 354 g/mol. The minimum Gasteiger partial charge on any atom is -0.492 e. The van der Waals surface area contributed by atoms with Crippen molar-refractivity contribution in [1.82, 2.24) is 4.98 Å². The summed E-state index contributed by atoms with van der Waals surface area (Å²) < 4.78 is 17.4. The van der Waals surface area contributed by atoms with Gasteiger partial charge in [0.05, 0.1) is 12.2 Å². The van der Waals surface area contributed by atoms with Gasteiger partial charge in [-0.15, -0.1) is 11.3 Å². The van der Waals surface area contributed by atoms with Gasteiger partial charge >= 0.3 is 0 Å². The van der Waals surface area contributed by atoms with Crippen molar-refractivity contribution in [3.8, 4) is 17.2 Å². The van der Waals surface area contributed by atoms with Gasteiger partial charge in [-0.1, -0.05) is 30.3 Å². The summed E-state index contributed by atoms with van der Waals surface area (Å²) in [7, 11) is 0. The molecule has 1 N–H and O–H groups in total. The van der Waals surface area contributed by atoms with Crippen molar-refractivity contribution >= 4 is 16.5 Å². The van der Waals surface area contributed by atoms with E-state index >= 15 is 0 Å². The molecule has 3 aromatic rings. The van der Waals surface area contributed by atoms with Gasteiger partial charge in [0.25, 0.3) is 0 Å². The van der Waals surface area contributed by atoms with Crippen LogP contribution in [-0.4, -0.2) is 24.7 Å². The lowest BCUT2D eigenvalue weighted by molar-refractivity contribution is 0.0888. The molecule has 0 unspecified atom stereocenters. The molecule has 25 heavy (non-hydrogen) atoms. The van der Waals surface area contributed by atoms with Gasteiger partial charge in [0.15, 0.2) is 22.7 Å². The first-order valence-electron chi connectivity index (χ1n) is 8.14. The third kappa shape index (κ3) is 3.85. The van der Waals surface area contributed by atoms with Crippen molar-refractivity contribution < 1.29 is 14.2 Å². The second-order valence-electron chi connectivity index (χ2n) is 5.53. The van der Waals surface area contributed by atoms with Crippen molar-refractivity contribution in [1.29, 1.82) is 0 Å². The van der Waals surface area contributed by atoms with Crippen LogP contribution in [-0.2, 0) is 0 Å². The van der Waals surface area contributed by atoms with E-state index in [9.17, 15) is 0 Å². The molecule has 2 heterocycles. The van der Waals surface area contributed by atoms with Gasteiger partial charge in [0.2, 0.25) is 0 Å². The van der Waals surface area contributed by atoms with Crippen LogP contribution >= 0.6 is 11.3 Å². The molecule has 4 rings (SSSR count). The monoisotopic (exact) mass is 354 g/mol. The van der Waals surface area contributed by atoms with Gasteiger partial charge in [0, 0.05) is 5.38 Å². The van der Waals surface area contributed by atoms with E-state index in [2.05, 4.69) is 10.3 Å². The van der Waals surface area contributed by atoms with E-state index in [1.54, 1.807) is 11.3 Å². The number of anilines is 1. The Morgan fingerprint density at radius 3 is 2.76 bits per heavy atom. The molecular weight excluding hydrogens is 336 g/mol. The first kappa shape index (κ1) is 15.8. The zero-order valence-electron chi connectivity index (χ0n) is 13.6. The number of hydrogen-bond donors (Lipinski definition) is 1. The summed E-state index contributed by atoms with van der Waals surface area (Å²) in [5.74, 6) is 2.42. The van der Waals surface area contributed by atoms with E-state index in [1.807, 2.05) is 60.0 Å². The van der Waals surface area contributed by atoms with Crippen molar-refractivity contribution in [2.75, 3.05) is 25.1 Å². The number of benzene rings is 2. The van der Waals surface area contributed by atoms with Gasteiger partial charge in [0.1, 0.15) is 19.0 Å². The Morgan fingerprint density at radius 2 is 1.88 bits per heavy atom. The predicted molar refractivity (Wildman–Crippen MR) is 97.8 cm³/mol. The zero-order valence-corrected chi connectivity index (χ0v) is 14.4. The SMILES string of the molecule is c1ccc(OCCNc2nc([C@@H]3COc4ccccc4O3)cs2)cc1. The molecule has 2 aromatic carbocycles. The maximum Gasteiger partial charge on any atom is 0.183 e. The number of rotatable bonds is 6. The second kappa shape index (κ2) is 7.44. The molecule has 0 bridgehead atoms. The fraction of sp³-hybridized carbons (Fsp3) is 0.211. The summed E-state index contributed by atoms with van der Waals surface area (Å²) in [6.45, 7) is 1.74. The van der Waals surface area contributed by atoms with Crippen LogP contribution in [0.2, 0.25) is 0 Å². The molecule has 5 nitrogen and oxygen atoms in total. The number of nitrogens with zero attached hydrogens (tertiary/aromatic N) is 1. The van der Waals surface area contributed by atoms with E-state index in [0.29, 0.717) is 19.8 Å². The number of thiazole rings is 1. The van der Waals surface area contributed by atoms with E-state index < -0.39 is 0 Å². The van der Waals surface area contributed by atoms with E-state index in [4.69, 9.17) is 14.2 Å². The molecule has 1 aromatic heterocycles. The third-order valence-corrected chi connectivity index (χ3v) is 4.57. The fourth-order valence-electron chi connectivity index (χ4n) is 2.52. The third-order valence-electron chi connectivity index (χ3n) is 3.75. The Balaban J connectivity index is 1.29. The highest BCUT2D eigenvalue weighted by Crippen LogP contribution is 2.36. The second-order valence-corrected chi connectivity index (χ2v) is 6.39. The highest BCUT2D eigenvalue weighted by atomic mass is 32.1. The van der Waals surface area contributed by atoms with Crippen LogP contribution in [0, 0.1) is 0 Å². The summed E-state index contributed by atoms with van der Waals surface area (Å²) in [5.41, 5.74) is 0.881. The number of para-hydroxylation sites is 3. The Bertz CT molecular complexity index is 822. The lowest BCUT2D eigenvalue weighted by atomic mass is 10.2. The van der Waals surface area contributed by atoms with Crippen LogP contribution in [0.15, 0.2) is 60.0 Å². The maximum absolute atomic E-state index is 5.98. The normalized spacial score (nSPS) is 15.6. The Hall–Kier alpha value is -2.73. The summed E-state index contributed by atoms with van der Waals surface area (Å²) in [5, 5.41) is 6.14. The first-order chi connectivity index (χ1) is 12.4. The molecule has 0 saturated heterocycles. The molecule has 0 spiro atoms. The minimum absolute atomic E-state index is 0.178. The molecule has 1 aliphatic rings. The van der Waals surface area contributed by atoms with E-state index in [-0.39, 0.29) is 6.10 Å². The van der Waals surface area contributed by atoms with Crippen LogP contribution in [0.1, 0.15) is 11.8 Å². The molecule has 0 fully saturated rings. The molecule has 0 radical (unpaired) electrons. The van der Waals surface area contributed by atoms with Gasteiger partial charge < -0.3 is 19.5 Å². The molecule has 6 heteroatoms. The van der Waals surface area contributed by atoms with Crippen LogP contribution in [0.5, 0.6) is 17.2 Å². The average Bonchev–Trinajstić information content (AvgIpc) is 3.15. The molecular formula is C19H18N2O3S. The molecule has 1 aliphatic heterocycles. The smallest absolute Gasteiger partial charge is 0.183 e. The highest BCUT2D eigenvalue weighted by Gasteiger charge is 2.24. The van der Waals surface area contributed by atoms with Gasteiger partial charge in [-0.3, -0.25) is 0 Å². The zero-order chi connectivity index (χ0) is 16.9. The number of hydrogen-bond acceptors (Lipinski definition) is 6. The van der Waals surface area contributed by atoms with E-state index in [1.165, 1.54) is 0 Å². The molecule has 0 aliphatic carbocycles. The molecule has 128 valence electrons. The summed E-state index contributed by atoms with van der Waals surface area (Å²) in [6.07, 6.45) is -0.178. The highest BCUT2D eigenvalue weighted by molar-refractivity contribution is 7.13. The Kier molecular flexibility index (Phi) is 4.70. The topological polar surface area (TPSA) is 52.6 Å². The quantitative estimate of drug-likeness (QED) is 0.674. The van der Waals surface area contributed by atoms with Gasteiger partial charge in [-0.25, -0.2) is 4.98 Å². The summed E-state index contributed by atoms with van der Waals surface area (Å²) in [4.78, 5) is 4.60. The van der Waals surface area contributed by atoms with Crippen LogP contribution in [0.3, 0.4) is 0 Å². The largest absolute Gasteiger partial charge is 0.492 e. The summed E-state index contributed by atoms with van der Waals surface area (Å²) >= 11 is 1.56. The fourth-order valence-corrected chi connectivity index (χ4v) is 3.30. The Morgan fingerprint density at radius 1 is 1.08 bits per heavy atom. The van der Waals surface area contributed by atoms with Gasteiger partial charge in [-0.05, 0) is 24.3 Å². The van der Waals surface area contributed by atoms with Crippen molar-refractivity contribution in [2.24, 2.45) is 0 Å². The van der Waals surface area contributed by atoms with Crippen molar-refractivity contribution in [3.63, 3.8) is 0 Å². The van der Waals surface area contributed by atoms with Crippen LogP contribution in [0.4, 0.5) is 5.13 Å². The molecule has 0 saturated carbocycles. The first-order valence-corrected chi connectivity index (χ1v) is 9.02. The minimum atomic E-state index is -0.178. The van der Waals surface area contributed by atoms with Crippen LogP contribution < -0.4 is 19.5 Å². The molecule has 1 atom stereocenters. The maximum atomic E-state index is 5.98. The number of fused-ring (bicyclic) bond motifs is 1. The Labute approximate surface area is 150 Å².